The first-order valence-corrected chi connectivity index (χ1v) is 12.5. The summed E-state index contributed by atoms with van der Waals surface area (Å²) in [5.74, 6) is 0. The summed E-state index contributed by atoms with van der Waals surface area (Å²) in [6.07, 6.45) is 0. The lowest BCUT2D eigenvalue weighted by Crippen LogP contribution is -2.26. The topological polar surface area (TPSA) is 12.0 Å². The van der Waals surface area contributed by atoms with Gasteiger partial charge in [-0.1, -0.05) is 115 Å². The van der Waals surface area contributed by atoms with Gasteiger partial charge in [-0.25, -0.2) is 0 Å². The first-order valence-electron chi connectivity index (χ1n) is 12.5. The Morgan fingerprint density at radius 3 is 1.44 bits per heavy atom. The first kappa shape index (κ1) is 22.1. The molecule has 0 aliphatic heterocycles. The van der Waals surface area contributed by atoms with E-state index in [0.29, 0.717) is 0 Å². The van der Waals surface area contributed by atoms with Crippen molar-refractivity contribution >= 4 is 32.9 Å². The van der Waals surface area contributed by atoms with Crippen molar-refractivity contribution in [3.8, 4) is 0 Å². The van der Waals surface area contributed by atoms with Crippen LogP contribution in [0.5, 0.6) is 0 Å². The summed E-state index contributed by atoms with van der Waals surface area (Å²) < 4.78 is 0. The van der Waals surface area contributed by atoms with Crippen LogP contribution in [0.4, 0.5) is 11.4 Å². The van der Waals surface area contributed by atoms with E-state index in [1.807, 2.05) is 0 Å². The maximum Gasteiger partial charge on any atom is 0.0435 e. The molecule has 0 radical (unpaired) electrons. The fourth-order valence-electron chi connectivity index (χ4n) is 5.47. The van der Waals surface area contributed by atoms with Crippen LogP contribution in [0.25, 0.3) is 21.5 Å². The van der Waals surface area contributed by atoms with Crippen LogP contribution in [0.1, 0.15) is 29.2 Å². The van der Waals surface area contributed by atoms with Crippen molar-refractivity contribution in [3.05, 3.63) is 156 Å². The normalized spacial score (nSPS) is 11.6. The molecule has 1 nitrogen and oxygen atoms in total. The van der Waals surface area contributed by atoms with Crippen molar-refractivity contribution < 1.29 is 0 Å². The van der Waals surface area contributed by atoms with Gasteiger partial charge in [0.05, 0.1) is 0 Å². The minimum absolute atomic E-state index is 0.343. The molecule has 174 valence electrons. The molecule has 0 fully saturated rings. The van der Waals surface area contributed by atoms with Crippen LogP contribution in [-0.4, -0.2) is 0 Å². The first-order chi connectivity index (χ1) is 17.6. The van der Waals surface area contributed by atoms with E-state index in [0.717, 1.165) is 11.4 Å². The zero-order chi connectivity index (χ0) is 24.5. The van der Waals surface area contributed by atoms with Gasteiger partial charge in [0.2, 0.25) is 0 Å². The smallest absolute Gasteiger partial charge is 0.0435 e. The van der Waals surface area contributed by atoms with Gasteiger partial charge in [-0.3, -0.25) is 0 Å². The van der Waals surface area contributed by atoms with Gasteiger partial charge in [0.15, 0.2) is 0 Å². The van der Waals surface area contributed by atoms with Gasteiger partial charge >= 0.3 is 0 Å². The molecule has 0 aromatic heterocycles. The van der Waals surface area contributed by atoms with Crippen LogP contribution in [0.15, 0.2) is 133 Å². The zero-order valence-electron chi connectivity index (χ0n) is 20.7. The highest BCUT2D eigenvalue weighted by Gasteiger charge is 2.34. The molecule has 0 aliphatic carbocycles. The van der Waals surface area contributed by atoms with Crippen LogP contribution < -0.4 is 5.32 Å². The van der Waals surface area contributed by atoms with Crippen molar-refractivity contribution in [2.45, 2.75) is 19.3 Å². The molecule has 36 heavy (non-hydrogen) atoms. The van der Waals surface area contributed by atoms with Crippen molar-refractivity contribution in [1.82, 2.24) is 0 Å². The third kappa shape index (κ3) is 3.83. The van der Waals surface area contributed by atoms with Gasteiger partial charge < -0.3 is 5.32 Å². The van der Waals surface area contributed by atoms with E-state index < -0.39 is 0 Å². The summed E-state index contributed by atoms with van der Waals surface area (Å²) in [5, 5.41) is 8.65. The maximum atomic E-state index is 3.55. The second-order valence-corrected chi connectivity index (χ2v) is 9.75. The number of rotatable bonds is 5. The summed E-state index contributed by atoms with van der Waals surface area (Å²) in [6, 6.07) is 48.3. The van der Waals surface area contributed by atoms with E-state index in [9.17, 15) is 0 Å². The van der Waals surface area contributed by atoms with E-state index in [1.165, 1.54) is 43.8 Å². The molecule has 6 rings (SSSR count). The summed E-state index contributed by atoms with van der Waals surface area (Å²) in [6.45, 7) is 4.49. The number of hydrogen-bond acceptors (Lipinski definition) is 1. The molecule has 0 spiro atoms. The minimum atomic E-state index is -0.343. The Kier molecular flexibility index (Phi) is 5.54. The van der Waals surface area contributed by atoms with E-state index in [1.54, 1.807) is 0 Å². The summed E-state index contributed by atoms with van der Waals surface area (Å²) in [7, 11) is 0. The highest BCUT2D eigenvalue weighted by molar-refractivity contribution is 5.92. The Morgan fingerprint density at radius 2 is 0.917 bits per heavy atom. The molecule has 1 N–H and O–H groups in total. The fraction of sp³-hybridized carbons (Fsp3) is 0.0857. The fourth-order valence-corrected chi connectivity index (χ4v) is 5.47. The summed E-state index contributed by atoms with van der Waals surface area (Å²) >= 11 is 0. The number of fused-ring (bicyclic) bond motifs is 2. The number of anilines is 2. The average molecular weight is 464 g/mol. The third-order valence-corrected chi connectivity index (χ3v) is 7.46. The largest absolute Gasteiger partial charge is 0.356 e. The Labute approximate surface area is 213 Å². The molecule has 1 heteroatoms. The maximum absolute atomic E-state index is 3.55. The van der Waals surface area contributed by atoms with Crippen LogP contribution >= 0.6 is 0 Å². The number of nitrogens with one attached hydrogen (secondary N) is 1. The summed E-state index contributed by atoms with van der Waals surface area (Å²) in [4.78, 5) is 0. The zero-order valence-corrected chi connectivity index (χ0v) is 20.7. The Hall–Kier alpha value is -4.36. The minimum Gasteiger partial charge on any atom is -0.356 e. The second kappa shape index (κ2) is 9.02. The predicted molar refractivity (Wildman–Crippen MR) is 154 cm³/mol. The molecule has 6 aromatic rings. The van der Waals surface area contributed by atoms with Crippen molar-refractivity contribution in [1.29, 1.82) is 0 Å². The average Bonchev–Trinajstić information content (AvgIpc) is 2.94. The van der Waals surface area contributed by atoms with Crippen LogP contribution in [0.2, 0.25) is 0 Å². The third-order valence-electron chi connectivity index (χ3n) is 7.46. The van der Waals surface area contributed by atoms with Gasteiger partial charge in [0.1, 0.15) is 0 Å². The van der Waals surface area contributed by atoms with E-state index >= 15 is 0 Å². The summed E-state index contributed by atoms with van der Waals surface area (Å²) in [5.41, 5.74) is 7.00. The molecule has 6 aromatic carbocycles. The van der Waals surface area contributed by atoms with Gasteiger partial charge in [-0.2, -0.15) is 0 Å². The quantitative estimate of drug-likeness (QED) is 0.251. The number of hydrogen-bond donors (Lipinski definition) is 1. The molecular weight excluding hydrogens is 434 g/mol. The van der Waals surface area contributed by atoms with Gasteiger partial charge in [0.25, 0.3) is 0 Å². The SMILES string of the molecule is Cc1ccc(Nc2ccc(C(C)(c3cccc4ccccc34)c3cccc4ccccc34)cc2)cc1. The molecule has 0 aliphatic rings. The lowest BCUT2D eigenvalue weighted by molar-refractivity contribution is 0.706. The Balaban J connectivity index is 1.54. The van der Waals surface area contributed by atoms with E-state index in [2.05, 4.69) is 153 Å². The molecule has 0 atom stereocenters. The molecule has 0 saturated heterocycles. The number of benzene rings is 6. The lowest BCUT2D eigenvalue weighted by Gasteiger charge is -2.34. The van der Waals surface area contributed by atoms with Gasteiger partial charge in [-0.05, 0) is 76.3 Å². The van der Waals surface area contributed by atoms with Crippen molar-refractivity contribution in [2.24, 2.45) is 0 Å². The van der Waals surface area contributed by atoms with Crippen LogP contribution in [-0.2, 0) is 5.41 Å². The lowest BCUT2D eigenvalue weighted by atomic mass is 9.68. The molecular formula is C35H29N. The highest BCUT2D eigenvalue weighted by atomic mass is 14.9. The van der Waals surface area contributed by atoms with Crippen molar-refractivity contribution in [3.63, 3.8) is 0 Å². The monoisotopic (exact) mass is 463 g/mol. The number of aryl methyl sites for hydroxylation is 1. The standard InChI is InChI=1S/C35H29N/c1-25-17-21-29(22-18-25)36-30-23-19-28(20-24-30)35(2,33-15-7-11-26-9-3-5-13-31(26)33)34-16-8-12-27-10-4-6-14-32(27)34/h3-24,36H,1-2H3. The molecule has 0 amide bonds. The van der Waals surface area contributed by atoms with Gasteiger partial charge in [-0.15, -0.1) is 0 Å². The van der Waals surface area contributed by atoms with Crippen LogP contribution in [0, 0.1) is 6.92 Å². The van der Waals surface area contributed by atoms with Crippen molar-refractivity contribution in [2.75, 3.05) is 5.32 Å². The Bertz CT molecular complexity index is 1570. The van der Waals surface area contributed by atoms with Gasteiger partial charge in [0, 0.05) is 16.8 Å². The second-order valence-electron chi connectivity index (χ2n) is 9.75. The molecule has 0 heterocycles. The molecule has 0 bridgehead atoms. The predicted octanol–water partition coefficient (Wildman–Crippen LogP) is 9.40. The van der Waals surface area contributed by atoms with E-state index in [4.69, 9.17) is 0 Å². The molecule has 0 saturated carbocycles. The van der Waals surface area contributed by atoms with Crippen LogP contribution in [0.3, 0.4) is 0 Å². The Morgan fingerprint density at radius 1 is 0.472 bits per heavy atom. The highest BCUT2D eigenvalue weighted by Crippen LogP contribution is 2.44. The van der Waals surface area contributed by atoms with E-state index in [-0.39, 0.29) is 5.41 Å². The molecule has 0 unspecified atom stereocenters.